The number of guanidine groups is 1. The van der Waals surface area contributed by atoms with Crippen molar-refractivity contribution in [3.8, 4) is 0 Å². The van der Waals surface area contributed by atoms with Gasteiger partial charge in [-0.1, -0.05) is 15.9 Å². The minimum absolute atomic E-state index is 0.0354. The summed E-state index contributed by atoms with van der Waals surface area (Å²) in [5.74, 6) is 0.0798. The highest BCUT2D eigenvalue weighted by atomic mass is 79.9. The van der Waals surface area contributed by atoms with Crippen LogP contribution in [0.4, 0.5) is 18.9 Å². The molecule has 0 fully saturated rings. The second-order valence-electron chi connectivity index (χ2n) is 3.96. The highest BCUT2D eigenvalue weighted by molar-refractivity contribution is 9.10. The molecule has 18 heavy (non-hydrogen) atoms. The van der Waals surface area contributed by atoms with Crippen LogP contribution in [0.1, 0.15) is 19.4 Å². The number of hydrogen-bond donors (Lipinski definition) is 2. The molecule has 100 valence electrons. The van der Waals surface area contributed by atoms with Crippen molar-refractivity contribution in [3.05, 3.63) is 28.2 Å². The van der Waals surface area contributed by atoms with Crippen LogP contribution in [-0.2, 0) is 6.18 Å². The average molecular weight is 324 g/mol. The number of hydrogen-bond acceptors (Lipinski definition) is 1. The van der Waals surface area contributed by atoms with E-state index < -0.39 is 11.7 Å². The fourth-order valence-electron chi connectivity index (χ4n) is 1.28. The van der Waals surface area contributed by atoms with Gasteiger partial charge in [0.1, 0.15) is 0 Å². The Morgan fingerprint density at radius 2 is 1.94 bits per heavy atom. The predicted molar refractivity (Wildman–Crippen MR) is 69.5 cm³/mol. The minimum Gasteiger partial charge on any atom is -0.370 e. The predicted octanol–water partition coefficient (Wildman–Crippen LogP) is 3.60. The van der Waals surface area contributed by atoms with Gasteiger partial charge in [-0.05, 0) is 32.0 Å². The lowest BCUT2D eigenvalue weighted by atomic mass is 10.2. The fraction of sp³-hybridized carbons (Fsp3) is 0.364. The van der Waals surface area contributed by atoms with E-state index in [2.05, 4.69) is 26.2 Å². The molecule has 3 N–H and O–H groups in total. The van der Waals surface area contributed by atoms with E-state index in [1.807, 2.05) is 13.8 Å². The van der Waals surface area contributed by atoms with Crippen LogP contribution in [0.15, 0.2) is 27.7 Å². The maximum absolute atomic E-state index is 12.6. The molecule has 0 aliphatic heterocycles. The Balaban J connectivity index is 3.01. The lowest BCUT2D eigenvalue weighted by Gasteiger charge is -2.11. The molecule has 7 heteroatoms. The zero-order valence-electron chi connectivity index (χ0n) is 9.85. The van der Waals surface area contributed by atoms with Crippen LogP contribution < -0.4 is 11.1 Å². The molecule has 0 aromatic heterocycles. The van der Waals surface area contributed by atoms with Crippen LogP contribution in [-0.4, -0.2) is 12.0 Å². The lowest BCUT2D eigenvalue weighted by Crippen LogP contribution is -2.24. The molecule has 0 saturated heterocycles. The highest BCUT2D eigenvalue weighted by Gasteiger charge is 2.31. The number of nitrogens with one attached hydrogen (secondary N) is 1. The Bertz CT molecular complexity index is 455. The van der Waals surface area contributed by atoms with Crippen molar-refractivity contribution >= 4 is 27.6 Å². The van der Waals surface area contributed by atoms with Crippen LogP contribution in [0.2, 0.25) is 0 Å². The second kappa shape index (κ2) is 5.60. The van der Waals surface area contributed by atoms with E-state index in [-0.39, 0.29) is 17.7 Å². The number of aliphatic imine (C=N–C) groups is 1. The van der Waals surface area contributed by atoms with E-state index in [9.17, 15) is 13.2 Å². The zero-order valence-corrected chi connectivity index (χ0v) is 11.4. The summed E-state index contributed by atoms with van der Waals surface area (Å²) in [6.45, 7) is 3.63. The molecule has 0 atom stereocenters. The van der Waals surface area contributed by atoms with Crippen molar-refractivity contribution in [1.82, 2.24) is 0 Å². The lowest BCUT2D eigenvalue weighted by molar-refractivity contribution is -0.137. The zero-order chi connectivity index (χ0) is 13.9. The van der Waals surface area contributed by atoms with Crippen LogP contribution in [0.3, 0.4) is 0 Å². The SMILES string of the molecule is CC(C)N=C(N)Nc1cc(Br)cc(C(F)(F)F)c1. The molecule has 3 nitrogen and oxygen atoms in total. The first kappa shape index (κ1) is 14.8. The van der Waals surface area contributed by atoms with Gasteiger partial charge < -0.3 is 11.1 Å². The molecule has 0 unspecified atom stereocenters. The van der Waals surface area contributed by atoms with Crippen molar-refractivity contribution in [1.29, 1.82) is 0 Å². The number of nitrogens with zero attached hydrogens (tertiary/aromatic N) is 1. The van der Waals surface area contributed by atoms with Crippen molar-refractivity contribution in [2.75, 3.05) is 5.32 Å². The molecule has 0 radical (unpaired) electrons. The van der Waals surface area contributed by atoms with E-state index in [0.29, 0.717) is 4.47 Å². The molecular formula is C11H13BrF3N3. The molecule has 0 saturated carbocycles. The van der Waals surface area contributed by atoms with Gasteiger partial charge in [-0.15, -0.1) is 0 Å². The monoisotopic (exact) mass is 323 g/mol. The maximum atomic E-state index is 12.6. The van der Waals surface area contributed by atoms with Gasteiger partial charge in [-0.2, -0.15) is 13.2 Å². The number of benzene rings is 1. The van der Waals surface area contributed by atoms with Gasteiger partial charge in [-0.25, -0.2) is 0 Å². The first-order chi connectivity index (χ1) is 8.18. The van der Waals surface area contributed by atoms with Crippen molar-refractivity contribution in [2.24, 2.45) is 10.7 Å². The number of nitrogens with two attached hydrogens (primary N) is 1. The molecule has 1 rings (SSSR count). The smallest absolute Gasteiger partial charge is 0.370 e. The Labute approximate surface area is 111 Å². The molecule has 0 amide bonds. The van der Waals surface area contributed by atoms with Gasteiger partial charge in [0.05, 0.1) is 5.56 Å². The van der Waals surface area contributed by atoms with E-state index in [1.54, 1.807) is 0 Å². The number of anilines is 1. The van der Waals surface area contributed by atoms with E-state index in [4.69, 9.17) is 5.73 Å². The third-order valence-electron chi connectivity index (χ3n) is 1.89. The van der Waals surface area contributed by atoms with Crippen LogP contribution in [0.25, 0.3) is 0 Å². The summed E-state index contributed by atoms with van der Waals surface area (Å²) in [5.41, 5.74) is 5.04. The third kappa shape index (κ3) is 4.56. The fourth-order valence-corrected chi connectivity index (χ4v) is 1.78. The first-order valence-corrected chi connectivity index (χ1v) is 5.96. The summed E-state index contributed by atoms with van der Waals surface area (Å²) in [6, 6.07) is 3.44. The summed E-state index contributed by atoms with van der Waals surface area (Å²) in [5, 5.41) is 2.62. The highest BCUT2D eigenvalue weighted by Crippen LogP contribution is 2.33. The number of rotatable bonds is 2. The van der Waals surface area contributed by atoms with Crippen molar-refractivity contribution in [3.63, 3.8) is 0 Å². The van der Waals surface area contributed by atoms with Gasteiger partial charge in [-0.3, -0.25) is 4.99 Å². The second-order valence-corrected chi connectivity index (χ2v) is 4.88. The van der Waals surface area contributed by atoms with Crippen LogP contribution >= 0.6 is 15.9 Å². The van der Waals surface area contributed by atoms with Crippen LogP contribution in [0, 0.1) is 0 Å². The summed E-state index contributed by atoms with van der Waals surface area (Å²) in [4.78, 5) is 3.98. The largest absolute Gasteiger partial charge is 0.416 e. The summed E-state index contributed by atoms with van der Waals surface area (Å²) in [7, 11) is 0. The summed E-state index contributed by atoms with van der Waals surface area (Å²) >= 11 is 3.03. The van der Waals surface area contributed by atoms with Gasteiger partial charge in [0.2, 0.25) is 0 Å². The van der Waals surface area contributed by atoms with E-state index >= 15 is 0 Å². The maximum Gasteiger partial charge on any atom is 0.416 e. The molecule has 0 aliphatic rings. The third-order valence-corrected chi connectivity index (χ3v) is 2.35. The van der Waals surface area contributed by atoms with Gasteiger partial charge >= 0.3 is 6.18 Å². The summed E-state index contributed by atoms with van der Waals surface area (Å²) < 4.78 is 38.1. The van der Waals surface area contributed by atoms with Gasteiger partial charge in [0.15, 0.2) is 5.96 Å². The molecule has 0 bridgehead atoms. The molecule has 0 spiro atoms. The Kier molecular flexibility index (Phi) is 4.61. The molecule has 0 aliphatic carbocycles. The first-order valence-electron chi connectivity index (χ1n) is 5.16. The van der Waals surface area contributed by atoms with E-state index in [1.165, 1.54) is 6.07 Å². The molecule has 1 aromatic carbocycles. The number of alkyl halides is 3. The van der Waals surface area contributed by atoms with Gasteiger partial charge in [0, 0.05) is 16.2 Å². The average Bonchev–Trinajstić information content (AvgIpc) is 2.13. The molecule has 1 aromatic rings. The summed E-state index contributed by atoms with van der Waals surface area (Å²) in [6.07, 6.45) is -4.40. The van der Waals surface area contributed by atoms with Crippen molar-refractivity contribution in [2.45, 2.75) is 26.1 Å². The molecular weight excluding hydrogens is 311 g/mol. The van der Waals surface area contributed by atoms with Crippen molar-refractivity contribution < 1.29 is 13.2 Å². The standard InChI is InChI=1S/C11H13BrF3N3/c1-6(2)17-10(16)18-9-4-7(11(13,14)15)3-8(12)5-9/h3-6H,1-2H3,(H3,16,17,18). The quantitative estimate of drug-likeness (QED) is 0.645. The topological polar surface area (TPSA) is 50.4 Å². The Morgan fingerprint density at radius 3 is 2.44 bits per heavy atom. The molecule has 0 heterocycles. The number of halogens is 4. The normalized spacial score (nSPS) is 12.9. The van der Waals surface area contributed by atoms with Gasteiger partial charge in [0.25, 0.3) is 0 Å². The van der Waals surface area contributed by atoms with Crippen LogP contribution in [0.5, 0.6) is 0 Å². The minimum atomic E-state index is -4.40. The Hall–Kier alpha value is -1.24. The van der Waals surface area contributed by atoms with E-state index in [0.717, 1.165) is 12.1 Å². The Morgan fingerprint density at radius 1 is 1.33 bits per heavy atom.